The first-order valence-corrected chi connectivity index (χ1v) is 9.07. The molecule has 1 aromatic heterocycles. The van der Waals surface area contributed by atoms with Crippen molar-refractivity contribution in [1.82, 2.24) is 10.3 Å². The normalized spacial score (nSPS) is 11.0. The number of aromatic nitrogens is 1. The van der Waals surface area contributed by atoms with Gasteiger partial charge in [0.15, 0.2) is 17.5 Å². The molecule has 27 heavy (non-hydrogen) atoms. The Morgan fingerprint density at radius 2 is 2.00 bits per heavy atom. The Morgan fingerprint density at radius 3 is 2.70 bits per heavy atom. The molecule has 0 amide bonds. The molecule has 0 bridgehead atoms. The van der Waals surface area contributed by atoms with Crippen molar-refractivity contribution in [3.05, 3.63) is 42.1 Å². The van der Waals surface area contributed by atoms with E-state index in [-0.39, 0.29) is 0 Å². The molecule has 0 aliphatic rings. The Hall–Kier alpha value is -2.96. The monoisotopic (exact) mass is 372 g/mol. The van der Waals surface area contributed by atoms with E-state index in [1.807, 2.05) is 37.3 Å². The van der Waals surface area contributed by atoms with Crippen molar-refractivity contribution in [3.8, 4) is 17.4 Å². The maximum Gasteiger partial charge on any atom is 0.218 e. The minimum absolute atomic E-state index is 0.542. The summed E-state index contributed by atoms with van der Waals surface area (Å²) in [4.78, 5) is 8.57. The minimum Gasteiger partial charge on any atom is -0.493 e. The van der Waals surface area contributed by atoms with Gasteiger partial charge in [-0.1, -0.05) is 13.0 Å². The highest BCUT2D eigenvalue weighted by molar-refractivity contribution is 5.93. The van der Waals surface area contributed by atoms with Crippen LogP contribution in [0.25, 0.3) is 0 Å². The van der Waals surface area contributed by atoms with Crippen molar-refractivity contribution in [2.24, 2.45) is 4.99 Å². The molecular formula is C20H28N4O3. The lowest BCUT2D eigenvalue weighted by Crippen LogP contribution is -2.30. The van der Waals surface area contributed by atoms with Crippen LogP contribution >= 0.6 is 0 Å². The summed E-state index contributed by atoms with van der Waals surface area (Å²) in [7, 11) is 3.34. The number of methoxy groups -OCH3 is 1. The van der Waals surface area contributed by atoms with Gasteiger partial charge in [0.1, 0.15) is 0 Å². The Labute approximate surface area is 160 Å². The van der Waals surface area contributed by atoms with E-state index in [4.69, 9.17) is 14.2 Å². The Balaban J connectivity index is 2.03. The van der Waals surface area contributed by atoms with Crippen molar-refractivity contribution < 1.29 is 14.2 Å². The van der Waals surface area contributed by atoms with E-state index in [0.29, 0.717) is 43.1 Å². The van der Waals surface area contributed by atoms with Crippen LogP contribution in [0.4, 0.5) is 5.69 Å². The van der Waals surface area contributed by atoms with Gasteiger partial charge in [-0.2, -0.15) is 0 Å². The third kappa shape index (κ3) is 6.06. The number of anilines is 1. The van der Waals surface area contributed by atoms with Gasteiger partial charge in [-0.15, -0.1) is 0 Å². The number of pyridine rings is 1. The highest BCUT2D eigenvalue weighted by Crippen LogP contribution is 2.30. The second-order valence-corrected chi connectivity index (χ2v) is 5.67. The number of guanidine groups is 1. The first-order chi connectivity index (χ1) is 13.2. The topological polar surface area (TPSA) is 77.0 Å². The molecule has 2 aromatic rings. The van der Waals surface area contributed by atoms with E-state index in [1.165, 1.54) is 0 Å². The molecule has 0 unspecified atom stereocenters. The van der Waals surface area contributed by atoms with Crippen LogP contribution in [0.1, 0.15) is 25.8 Å². The molecular weight excluding hydrogens is 344 g/mol. The first-order valence-electron chi connectivity index (χ1n) is 9.07. The smallest absolute Gasteiger partial charge is 0.218 e. The summed E-state index contributed by atoms with van der Waals surface area (Å²) >= 11 is 0. The molecule has 2 N–H and O–H groups in total. The number of nitrogens with one attached hydrogen (secondary N) is 2. The van der Waals surface area contributed by atoms with E-state index in [0.717, 1.165) is 17.7 Å². The molecule has 0 aliphatic heterocycles. The lowest BCUT2D eigenvalue weighted by Gasteiger charge is -2.15. The zero-order valence-corrected chi connectivity index (χ0v) is 16.4. The van der Waals surface area contributed by atoms with Crippen molar-refractivity contribution in [2.75, 3.05) is 32.7 Å². The minimum atomic E-state index is 0.542. The highest BCUT2D eigenvalue weighted by Gasteiger charge is 2.09. The van der Waals surface area contributed by atoms with Crippen LogP contribution in [0.2, 0.25) is 0 Å². The van der Waals surface area contributed by atoms with Gasteiger partial charge in [-0.05, 0) is 31.5 Å². The lowest BCUT2D eigenvalue weighted by atomic mass is 10.2. The summed E-state index contributed by atoms with van der Waals surface area (Å²) in [6, 6.07) is 9.54. The SMILES string of the molecule is CCCOc1ncccc1CNC(=NC)Nc1ccc(OCC)c(OC)c1. The molecule has 0 atom stereocenters. The molecule has 0 aliphatic carbocycles. The average Bonchev–Trinajstić information content (AvgIpc) is 2.71. The van der Waals surface area contributed by atoms with Crippen LogP contribution in [0.5, 0.6) is 17.4 Å². The molecule has 146 valence electrons. The quantitative estimate of drug-likeness (QED) is 0.518. The second-order valence-electron chi connectivity index (χ2n) is 5.67. The predicted octanol–water partition coefficient (Wildman–Crippen LogP) is 3.47. The Morgan fingerprint density at radius 1 is 1.15 bits per heavy atom. The van der Waals surface area contributed by atoms with E-state index in [2.05, 4.69) is 27.5 Å². The van der Waals surface area contributed by atoms with Crippen molar-refractivity contribution in [2.45, 2.75) is 26.8 Å². The first kappa shape index (κ1) is 20.4. The molecule has 7 nitrogen and oxygen atoms in total. The molecule has 0 radical (unpaired) electrons. The average molecular weight is 372 g/mol. The molecule has 2 rings (SSSR count). The van der Waals surface area contributed by atoms with Crippen LogP contribution in [0, 0.1) is 0 Å². The summed E-state index contributed by atoms with van der Waals surface area (Å²) < 4.78 is 16.6. The predicted molar refractivity (Wildman–Crippen MR) is 108 cm³/mol. The number of benzene rings is 1. The third-order valence-corrected chi connectivity index (χ3v) is 3.69. The van der Waals surface area contributed by atoms with Gasteiger partial charge in [-0.25, -0.2) is 4.98 Å². The number of nitrogens with zero attached hydrogens (tertiary/aromatic N) is 2. The van der Waals surface area contributed by atoms with Gasteiger partial charge >= 0.3 is 0 Å². The van der Waals surface area contributed by atoms with Gasteiger partial charge < -0.3 is 24.8 Å². The number of hydrogen-bond acceptors (Lipinski definition) is 5. The number of rotatable bonds is 9. The summed E-state index contributed by atoms with van der Waals surface area (Å²) in [5.41, 5.74) is 1.82. The molecule has 0 saturated heterocycles. The van der Waals surface area contributed by atoms with E-state index >= 15 is 0 Å². The number of aliphatic imine (C=N–C) groups is 1. The molecule has 1 heterocycles. The number of hydrogen-bond donors (Lipinski definition) is 2. The zero-order chi connectivity index (χ0) is 19.5. The van der Waals surface area contributed by atoms with Crippen LogP contribution < -0.4 is 24.8 Å². The van der Waals surface area contributed by atoms with Gasteiger partial charge in [-0.3, -0.25) is 4.99 Å². The van der Waals surface area contributed by atoms with Gasteiger partial charge in [0.25, 0.3) is 0 Å². The van der Waals surface area contributed by atoms with E-state index < -0.39 is 0 Å². The summed E-state index contributed by atoms with van der Waals surface area (Å²) in [6.07, 6.45) is 2.67. The van der Waals surface area contributed by atoms with Crippen molar-refractivity contribution in [3.63, 3.8) is 0 Å². The van der Waals surface area contributed by atoms with E-state index in [1.54, 1.807) is 20.4 Å². The molecule has 0 fully saturated rings. The van der Waals surface area contributed by atoms with Crippen LogP contribution in [0.15, 0.2) is 41.5 Å². The van der Waals surface area contributed by atoms with Crippen LogP contribution in [-0.4, -0.2) is 38.3 Å². The lowest BCUT2D eigenvalue weighted by molar-refractivity contribution is 0.301. The third-order valence-electron chi connectivity index (χ3n) is 3.69. The van der Waals surface area contributed by atoms with Gasteiger partial charge in [0.05, 0.1) is 20.3 Å². The van der Waals surface area contributed by atoms with Gasteiger partial charge in [0, 0.05) is 37.1 Å². The number of ether oxygens (including phenoxy) is 3. The molecule has 7 heteroatoms. The molecule has 0 saturated carbocycles. The van der Waals surface area contributed by atoms with E-state index in [9.17, 15) is 0 Å². The summed E-state index contributed by atoms with van der Waals surface area (Å²) in [6.45, 7) is 5.77. The fourth-order valence-electron chi connectivity index (χ4n) is 2.40. The fraction of sp³-hybridized carbons (Fsp3) is 0.400. The van der Waals surface area contributed by atoms with Crippen LogP contribution in [0.3, 0.4) is 0 Å². The van der Waals surface area contributed by atoms with Crippen molar-refractivity contribution in [1.29, 1.82) is 0 Å². The summed E-state index contributed by atoms with van der Waals surface area (Å²) in [5.74, 6) is 2.65. The maximum atomic E-state index is 5.70. The van der Waals surface area contributed by atoms with Crippen LogP contribution in [-0.2, 0) is 6.54 Å². The fourth-order valence-corrected chi connectivity index (χ4v) is 2.40. The molecule has 0 spiro atoms. The largest absolute Gasteiger partial charge is 0.493 e. The molecule has 1 aromatic carbocycles. The van der Waals surface area contributed by atoms with Gasteiger partial charge in [0.2, 0.25) is 5.88 Å². The second kappa shape index (κ2) is 10.9. The Bertz CT molecular complexity index is 750. The standard InChI is InChI=1S/C20H28N4O3/c1-5-12-27-19-15(8-7-11-22-19)14-23-20(21-3)24-16-9-10-17(26-6-2)18(13-16)25-4/h7-11,13H,5-6,12,14H2,1-4H3,(H2,21,23,24). The zero-order valence-electron chi connectivity index (χ0n) is 16.4. The summed E-state index contributed by atoms with van der Waals surface area (Å²) in [5, 5.41) is 6.52. The van der Waals surface area contributed by atoms with Crippen molar-refractivity contribution >= 4 is 11.6 Å². The Kier molecular flexibility index (Phi) is 8.22. The maximum absolute atomic E-state index is 5.70. The highest BCUT2D eigenvalue weighted by atomic mass is 16.5.